The Hall–Kier alpha value is -1.55. The van der Waals surface area contributed by atoms with E-state index in [1.54, 1.807) is 18.2 Å². The Morgan fingerprint density at radius 1 is 1.32 bits per heavy atom. The number of rotatable bonds is 6. The Bertz CT molecular complexity index is 773. The fourth-order valence-electron chi connectivity index (χ4n) is 1.45. The van der Waals surface area contributed by atoms with Crippen molar-refractivity contribution < 1.29 is 13.2 Å². The lowest BCUT2D eigenvalue weighted by Gasteiger charge is -2.05. The van der Waals surface area contributed by atoms with E-state index in [1.165, 1.54) is 29.7 Å². The molecule has 1 amide bonds. The van der Waals surface area contributed by atoms with Gasteiger partial charge in [0.15, 0.2) is 0 Å². The maximum Gasteiger partial charge on any atom is 0.255 e. The van der Waals surface area contributed by atoms with E-state index >= 15 is 0 Å². The highest BCUT2D eigenvalue weighted by Crippen LogP contribution is 2.17. The topological polar surface area (TPSA) is 87.6 Å². The smallest absolute Gasteiger partial charge is 0.255 e. The van der Waals surface area contributed by atoms with Crippen LogP contribution in [0.2, 0.25) is 0 Å². The maximum absolute atomic E-state index is 11.9. The molecule has 0 bridgehead atoms. The van der Waals surface area contributed by atoms with Gasteiger partial charge in [-0.25, -0.2) is 18.6 Å². The number of halogens is 1. The number of benzene rings is 1. The zero-order chi connectivity index (χ0) is 16.0. The van der Waals surface area contributed by atoms with Crippen LogP contribution in [0, 0.1) is 0 Å². The van der Waals surface area contributed by atoms with Gasteiger partial charge in [0.25, 0.3) is 5.91 Å². The Morgan fingerprint density at radius 3 is 2.68 bits per heavy atom. The predicted molar refractivity (Wildman–Crippen MR) is 89.4 cm³/mol. The highest BCUT2D eigenvalue weighted by atomic mass is 79.9. The van der Waals surface area contributed by atoms with Gasteiger partial charge in [-0.1, -0.05) is 18.2 Å². The van der Waals surface area contributed by atoms with Gasteiger partial charge in [-0.15, -0.1) is 11.3 Å². The molecule has 0 atom stereocenters. The van der Waals surface area contributed by atoms with Gasteiger partial charge >= 0.3 is 0 Å². The van der Waals surface area contributed by atoms with Gasteiger partial charge in [0.05, 0.1) is 17.7 Å². The zero-order valence-corrected chi connectivity index (χ0v) is 14.4. The molecular weight excluding hydrogens is 390 g/mol. The molecule has 9 heteroatoms. The molecule has 6 nitrogen and oxygen atoms in total. The molecule has 22 heavy (non-hydrogen) atoms. The van der Waals surface area contributed by atoms with E-state index in [4.69, 9.17) is 0 Å². The van der Waals surface area contributed by atoms with E-state index < -0.39 is 15.9 Å². The van der Waals surface area contributed by atoms with E-state index in [0.717, 1.165) is 9.35 Å². The van der Waals surface area contributed by atoms with Crippen molar-refractivity contribution in [1.29, 1.82) is 0 Å². The van der Waals surface area contributed by atoms with E-state index in [0.29, 0.717) is 0 Å². The third-order valence-corrected chi connectivity index (χ3v) is 5.49. The summed E-state index contributed by atoms with van der Waals surface area (Å²) in [5.41, 5.74) is 2.26. The number of carbonyl (C=O) groups is 1. The molecule has 1 aromatic heterocycles. The fraction of sp³-hybridized carbons (Fsp3) is 0.0769. The summed E-state index contributed by atoms with van der Waals surface area (Å²) in [6.07, 6.45) is 1.49. The Balaban J connectivity index is 1.84. The second kappa shape index (κ2) is 7.63. The third-order valence-electron chi connectivity index (χ3n) is 2.45. The van der Waals surface area contributed by atoms with Crippen LogP contribution in [0.4, 0.5) is 0 Å². The molecule has 0 spiro atoms. The molecule has 0 saturated heterocycles. The van der Waals surface area contributed by atoms with E-state index in [1.807, 2.05) is 11.4 Å². The van der Waals surface area contributed by atoms with Crippen molar-refractivity contribution in [2.75, 3.05) is 6.54 Å². The summed E-state index contributed by atoms with van der Waals surface area (Å²) in [4.78, 5) is 12.5. The summed E-state index contributed by atoms with van der Waals surface area (Å²) in [5, 5.41) is 5.64. The van der Waals surface area contributed by atoms with Gasteiger partial charge in [-0.2, -0.15) is 5.10 Å². The number of thiophene rings is 1. The average Bonchev–Trinajstić information content (AvgIpc) is 2.92. The zero-order valence-electron chi connectivity index (χ0n) is 11.2. The van der Waals surface area contributed by atoms with Gasteiger partial charge in [-0.3, -0.25) is 4.79 Å². The monoisotopic (exact) mass is 401 g/mol. The molecule has 0 aliphatic heterocycles. The van der Waals surface area contributed by atoms with Crippen molar-refractivity contribution in [2.24, 2.45) is 5.10 Å². The molecule has 0 radical (unpaired) electrons. The second-order valence-electron chi connectivity index (χ2n) is 4.10. The number of hydrogen-bond donors (Lipinski definition) is 2. The van der Waals surface area contributed by atoms with E-state index in [9.17, 15) is 13.2 Å². The largest absolute Gasteiger partial charge is 0.272 e. The number of carbonyl (C=O) groups excluding carboxylic acids is 1. The molecule has 0 unspecified atom stereocenters. The first-order valence-electron chi connectivity index (χ1n) is 6.08. The summed E-state index contributed by atoms with van der Waals surface area (Å²) in [6.45, 7) is -0.386. The standard InChI is InChI=1S/C13H12BrN3O3S2/c14-10-6-11(21-9-10)7-15-17-13(18)8-16-22(19,20)12-4-2-1-3-5-12/h1-7,9,16H,8H2,(H,17,18)/b15-7-. The summed E-state index contributed by atoms with van der Waals surface area (Å²) >= 11 is 4.76. The summed E-state index contributed by atoms with van der Waals surface area (Å²) < 4.78 is 26.9. The Labute approximate surface area is 140 Å². The van der Waals surface area contributed by atoms with Gasteiger partial charge in [0.1, 0.15) is 0 Å². The molecule has 0 fully saturated rings. The predicted octanol–water partition coefficient (Wildman–Crippen LogP) is 1.94. The highest BCUT2D eigenvalue weighted by Gasteiger charge is 2.14. The lowest BCUT2D eigenvalue weighted by atomic mass is 10.4. The van der Waals surface area contributed by atoms with Crippen LogP contribution < -0.4 is 10.1 Å². The van der Waals surface area contributed by atoms with Gasteiger partial charge in [-0.05, 0) is 34.1 Å². The van der Waals surface area contributed by atoms with Crippen molar-refractivity contribution in [3.05, 3.63) is 51.1 Å². The minimum absolute atomic E-state index is 0.106. The van der Waals surface area contributed by atoms with Crippen molar-refractivity contribution in [1.82, 2.24) is 10.1 Å². The second-order valence-corrected chi connectivity index (χ2v) is 7.72. The summed E-state index contributed by atoms with van der Waals surface area (Å²) in [5.74, 6) is -0.550. The molecule has 116 valence electrons. The lowest BCUT2D eigenvalue weighted by molar-refractivity contribution is -0.119. The van der Waals surface area contributed by atoms with Crippen LogP contribution in [0.3, 0.4) is 0 Å². The van der Waals surface area contributed by atoms with E-state index in [-0.39, 0.29) is 11.4 Å². The number of nitrogens with zero attached hydrogens (tertiary/aromatic N) is 1. The maximum atomic E-state index is 11.9. The molecular formula is C13H12BrN3O3S2. The first-order chi connectivity index (χ1) is 10.5. The van der Waals surface area contributed by atoms with Gasteiger partial charge in [0.2, 0.25) is 10.0 Å². The van der Waals surface area contributed by atoms with Crippen LogP contribution in [0.25, 0.3) is 0 Å². The van der Waals surface area contributed by atoms with Crippen molar-refractivity contribution in [2.45, 2.75) is 4.90 Å². The van der Waals surface area contributed by atoms with Crippen LogP contribution in [0.1, 0.15) is 4.88 Å². The average molecular weight is 402 g/mol. The molecule has 1 aromatic carbocycles. The number of amides is 1. The molecule has 0 aliphatic rings. The molecule has 1 heterocycles. The quantitative estimate of drug-likeness (QED) is 0.572. The van der Waals surface area contributed by atoms with Crippen LogP contribution >= 0.6 is 27.3 Å². The summed E-state index contributed by atoms with van der Waals surface area (Å²) in [6, 6.07) is 9.68. The van der Waals surface area contributed by atoms with Crippen LogP contribution in [0.5, 0.6) is 0 Å². The van der Waals surface area contributed by atoms with E-state index in [2.05, 4.69) is 31.2 Å². The molecule has 0 saturated carbocycles. The normalized spacial score (nSPS) is 11.7. The van der Waals surface area contributed by atoms with Gasteiger partial charge < -0.3 is 0 Å². The SMILES string of the molecule is O=C(CNS(=O)(=O)c1ccccc1)N/N=C\c1cc(Br)cs1. The first-order valence-corrected chi connectivity index (χ1v) is 9.23. The number of hydrogen-bond acceptors (Lipinski definition) is 5. The fourth-order valence-corrected chi connectivity index (χ4v) is 3.75. The molecule has 2 aromatic rings. The van der Waals surface area contributed by atoms with Crippen LogP contribution in [-0.2, 0) is 14.8 Å². The molecule has 2 rings (SSSR count). The Morgan fingerprint density at radius 2 is 2.05 bits per heavy atom. The van der Waals surface area contributed by atoms with Gasteiger partial charge in [0, 0.05) is 14.7 Å². The molecule has 2 N–H and O–H groups in total. The summed E-state index contributed by atoms with van der Waals surface area (Å²) in [7, 11) is -3.70. The number of nitrogens with one attached hydrogen (secondary N) is 2. The first kappa shape index (κ1) is 16.8. The minimum Gasteiger partial charge on any atom is -0.272 e. The highest BCUT2D eigenvalue weighted by molar-refractivity contribution is 9.10. The van der Waals surface area contributed by atoms with Crippen LogP contribution in [-0.4, -0.2) is 27.1 Å². The number of sulfonamides is 1. The molecule has 0 aliphatic carbocycles. The van der Waals surface area contributed by atoms with Crippen molar-refractivity contribution in [3.8, 4) is 0 Å². The lowest BCUT2D eigenvalue weighted by Crippen LogP contribution is -2.34. The van der Waals surface area contributed by atoms with Crippen molar-refractivity contribution >= 4 is 49.4 Å². The third kappa shape index (κ3) is 5.02. The number of hydrazone groups is 1. The van der Waals surface area contributed by atoms with Crippen molar-refractivity contribution in [3.63, 3.8) is 0 Å². The van der Waals surface area contributed by atoms with Crippen LogP contribution in [0.15, 0.2) is 56.2 Å². The Kier molecular flexibility index (Phi) is 5.83. The minimum atomic E-state index is -3.70.